The van der Waals surface area contributed by atoms with Crippen LogP contribution in [0.5, 0.6) is 0 Å². The van der Waals surface area contributed by atoms with E-state index in [-0.39, 0.29) is 18.4 Å². The summed E-state index contributed by atoms with van der Waals surface area (Å²) in [4.78, 5) is 22.8. The van der Waals surface area contributed by atoms with E-state index < -0.39 is 0 Å². The quantitative estimate of drug-likeness (QED) is 0.717. The van der Waals surface area contributed by atoms with E-state index >= 15 is 0 Å². The molecule has 1 unspecified atom stereocenters. The van der Waals surface area contributed by atoms with Gasteiger partial charge in [0.1, 0.15) is 10.8 Å². The lowest BCUT2D eigenvalue weighted by Crippen LogP contribution is -2.33. The molecule has 3 heterocycles. The summed E-state index contributed by atoms with van der Waals surface area (Å²) in [6.45, 7) is 6.03. The normalized spacial score (nSPS) is 16.3. The molecule has 0 spiro atoms. The number of nitrogens with one attached hydrogen (secondary N) is 1. The Morgan fingerprint density at radius 2 is 2.11 bits per heavy atom. The second-order valence-electron chi connectivity index (χ2n) is 6.70. The van der Waals surface area contributed by atoms with Crippen LogP contribution in [0.3, 0.4) is 0 Å². The zero-order valence-electron chi connectivity index (χ0n) is 15.5. The summed E-state index contributed by atoms with van der Waals surface area (Å²) in [5.74, 6) is 1.77. The van der Waals surface area contributed by atoms with Crippen molar-refractivity contribution >= 4 is 17.2 Å². The summed E-state index contributed by atoms with van der Waals surface area (Å²) in [5, 5.41) is 11.7. The number of nitrogens with zero attached hydrogens (tertiary/aromatic N) is 4. The van der Waals surface area contributed by atoms with Gasteiger partial charge in [0.05, 0.1) is 23.5 Å². The number of amides is 1. The third kappa shape index (κ3) is 3.51. The third-order valence-electron chi connectivity index (χ3n) is 4.80. The molecule has 0 fully saturated rings. The highest BCUT2D eigenvalue weighted by atomic mass is 32.1. The van der Waals surface area contributed by atoms with Crippen molar-refractivity contribution in [3.05, 3.63) is 33.7 Å². The van der Waals surface area contributed by atoms with Gasteiger partial charge in [0.2, 0.25) is 11.8 Å². The summed E-state index contributed by atoms with van der Waals surface area (Å²) in [6, 6.07) is 0. The number of aryl methyl sites for hydroxylation is 4. The predicted molar refractivity (Wildman–Crippen MR) is 98.1 cm³/mol. The molecule has 0 bridgehead atoms. The summed E-state index contributed by atoms with van der Waals surface area (Å²) < 4.78 is 10.4. The van der Waals surface area contributed by atoms with Crippen LogP contribution in [0.4, 0.5) is 0 Å². The zero-order chi connectivity index (χ0) is 19.0. The Morgan fingerprint density at radius 1 is 1.26 bits per heavy atom. The highest BCUT2D eigenvalue weighted by Crippen LogP contribution is 2.37. The van der Waals surface area contributed by atoms with Crippen LogP contribution in [0.15, 0.2) is 9.05 Å². The number of fused-ring (bicyclic) bond motifs is 1. The molecule has 3 aromatic heterocycles. The van der Waals surface area contributed by atoms with E-state index in [1.54, 1.807) is 11.3 Å². The molecule has 1 aliphatic carbocycles. The Labute approximate surface area is 160 Å². The Bertz CT molecular complexity index is 954. The van der Waals surface area contributed by atoms with Crippen molar-refractivity contribution in [1.29, 1.82) is 0 Å². The van der Waals surface area contributed by atoms with Crippen molar-refractivity contribution in [2.24, 2.45) is 5.92 Å². The van der Waals surface area contributed by atoms with E-state index in [9.17, 15) is 4.79 Å². The summed E-state index contributed by atoms with van der Waals surface area (Å²) in [6.07, 6.45) is 3.02. The standard InChI is InChI=1S/C18H21N5O3S/c1-4-14-21-15(26-23-14)8-19-17(24)11-5-6-13-12(7-11)20-18(27-13)16-9(2)22-25-10(16)3/h11H,4-8H2,1-3H3,(H,19,24). The minimum Gasteiger partial charge on any atom is -0.361 e. The maximum Gasteiger partial charge on any atom is 0.246 e. The van der Waals surface area contributed by atoms with Crippen LogP contribution < -0.4 is 5.32 Å². The van der Waals surface area contributed by atoms with Gasteiger partial charge < -0.3 is 14.4 Å². The molecule has 9 heteroatoms. The van der Waals surface area contributed by atoms with E-state index in [2.05, 4.69) is 20.6 Å². The first kappa shape index (κ1) is 17.8. The molecule has 27 heavy (non-hydrogen) atoms. The number of rotatable bonds is 5. The Morgan fingerprint density at radius 3 is 2.81 bits per heavy atom. The number of carbonyl (C=O) groups is 1. The van der Waals surface area contributed by atoms with Gasteiger partial charge in [-0.2, -0.15) is 4.98 Å². The van der Waals surface area contributed by atoms with Gasteiger partial charge in [-0.15, -0.1) is 11.3 Å². The van der Waals surface area contributed by atoms with Gasteiger partial charge in [0.25, 0.3) is 0 Å². The maximum absolute atomic E-state index is 12.6. The second kappa shape index (κ2) is 7.22. The highest BCUT2D eigenvalue weighted by molar-refractivity contribution is 7.15. The molecular formula is C18H21N5O3S. The molecule has 1 amide bonds. The highest BCUT2D eigenvalue weighted by Gasteiger charge is 2.29. The summed E-state index contributed by atoms with van der Waals surface area (Å²) >= 11 is 1.67. The largest absolute Gasteiger partial charge is 0.361 e. The third-order valence-corrected chi connectivity index (χ3v) is 5.97. The van der Waals surface area contributed by atoms with Crippen LogP contribution in [0.1, 0.15) is 47.1 Å². The first-order valence-electron chi connectivity index (χ1n) is 9.06. The van der Waals surface area contributed by atoms with Gasteiger partial charge in [-0.3, -0.25) is 4.79 Å². The molecular weight excluding hydrogens is 366 g/mol. The Hall–Kier alpha value is -2.55. The van der Waals surface area contributed by atoms with E-state index in [1.165, 1.54) is 4.88 Å². The van der Waals surface area contributed by atoms with Gasteiger partial charge in [-0.05, 0) is 26.7 Å². The second-order valence-corrected chi connectivity index (χ2v) is 7.79. The fourth-order valence-corrected chi connectivity index (χ4v) is 4.56. The number of hydrogen-bond acceptors (Lipinski definition) is 8. The lowest BCUT2D eigenvalue weighted by molar-refractivity contribution is -0.125. The fourth-order valence-electron chi connectivity index (χ4n) is 3.31. The Balaban J connectivity index is 1.42. The topological polar surface area (TPSA) is 107 Å². The van der Waals surface area contributed by atoms with Gasteiger partial charge in [-0.1, -0.05) is 17.2 Å². The van der Waals surface area contributed by atoms with Gasteiger partial charge >= 0.3 is 0 Å². The average Bonchev–Trinajstić information content (AvgIpc) is 3.37. The van der Waals surface area contributed by atoms with Crippen molar-refractivity contribution in [2.75, 3.05) is 0 Å². The van der Waals surface area contributed by atoms with Crippen molar-refractivity contribution in [1.82, 2.24) is 25.6 Å². The monoisotopic (exact) mass is 387 g/mol. The number of thiazole rings is 1. The van der Waals surface area contributed by atoms with E-state index in [0.717, 1.165) is 40.6 Å². The number of carbonyl (C=O) groups excluding carboxylic acids is 1. The van der Waals surface area contributed by atoms with Crippen LogP contribution in [0.25, 0.3) is 10.6 Å². The minimum absolute atomic E-state index is 0.00351. The van der Waals surface area contributed by atoms with E-state index in [1.807, 2.05) is 20.8 Å². The maximum atomic E-state index is 12.6. The molecule has 0 radical (unpaired) electrons. The zero-order valence-corrected chi connectivity index (χ0v) is 16.4. The molecule has 1 atom stereocenters. The molecule has 0 saturated carbocycles. The van der Waals surface area contributed by atoms with E-state index in [0.29, 0.717) is 24.6 Å². The minimum atomic E-state index is -0.0920. The van der Waals surface area contributed by atoms with Crippen LogP contribution in [0.2, 0.25) is 0 Å². The van der Waals surface area contributed by atoms with Gasteiger partial charge in [0.15, 0.2) is 5.82 Å². The van der Waals surface area contributed by atoms with Crippen molar-refractivity contribution < 1.29 is 13.8 Å². The van der Waals surface area contributed by atoms with Gasteiger partial charge in [-0.25, -0.2) is 4.98 Å². The summed E-state index contributed by atoms with van der Waals surface area (Å²) in [5.41, 5.74) is 2.82. The molecule has 0 saturated heterocycles. The first-order valence-corrected chi connectivity index (χ1v) is 9.87. The SMILES string of the molecule is CCc1noc(CNC(=O)C2CCc3sc(-c4c(C)noc4C)nc3C2)n1. The van der Waals surface area contributed by atoms with Crippen molar-refractivity contribution in [3.63, 3.8) is 0 Å². The van der Waals surface area contributed by atoms with Gasteiger partial charge in [0, 0.05) is 23.6 Å². The van der Waals surface area contributed by atoms with Crippen LogP contribution in [-0.2, 0) is 30.6 Å². The molecule has 1 N–H and O–H groups in total. The fraction of sp³-hybridized carbons (Fsp3) is 0.500. The lowest BCUT2D eigenvalue weighted by atomic mass is 9.90. The van der Waals surface area contributed by atoms with Crippen LogP contribution in [-0.4, -0.2) is 26.2 Å². The van der Waals surface area contributed by atoms with Crippen molar-refractivity contribution in [2.45, 2.75) is 53.0 Å². The smallest absolute Gasteiger partial charge is 0.246 e. The molecule has 8 nitrogen and oxygen atoms in total. The summed E-state index contributed by atoms with van der Waals surface area (Å²) in [7, 11) is 0. The molecule has 4 rings (SSSR count). The van der Waals surface area contributed by atoms with Crippen LogP contribution in [0, 0.1) is 19.8 Å². The number of hydrogen-bond donors (Lipinski definition) is 1. The lowest BCUT2D eigenvalue weighted by Gasteiger charge is -2.19. The van der Waals surface area contributed by atoms with E-state index in [4.69, 9.17) is 14.0 Å². The molecule has 3 aromatic rings. The first-order chi connectivity index (χ1) is 13.0. The molecule has 0 aromatic carbocycles. The van der Waals surface area contributed by atoms with Crippen LogP contribution >= 0.6 is 11.3 Å². The molecule has 142 valence electrons. The number of aromatic nitrogens is 4. The van der Waals surface area contributed by atoms with Crippen molar-refractivity contribution in [3.8, 4) is 10.6 Å². The average molecular weight is 387 g/mol. The predicted octanol–water partition coefficient (Wildman–Crippen LogP) is 2.78. The molecule has 0 aliphatic heterocycles. The Kier molecular flexibility index (Phi) is 4.77. The molecule has 1 aliphatic rings.